The van der Waals surface area contributed by atoms with E-state index in [0.717, 1.165) is 6.42 Å². The van der Waals surface area contributed by atoms with Crippen molar-refractivity contribution in [1.29, 1.82) is 0 Å². The molecule has 1 fully saturated rings. The SMILES string of the molecule is C[C@H]1C[C@@H]1C(=O)N(C)CC(=O)Nc1ccc(Cl)cc1. The Kier molecular flexibility index (Phi) is 4.10. The molecule has 0 bridgehead atoms. The van der Waals surface area contributed by atoms with Crippen LogP contribution in [0.5, 0.6) is 0 Å². The Hall–Kier alpha value is -1.55. The molecular formula is C14H17ClN2O2. The van der Waals surface area contributed by atoms with E-state index in [1.165, 1.54) is 4.90 Å². The van der Waals surface area contributed by atoms with E-state index in [0.29, 0.717) is 16.6 Å². The summed E-state index contributed by atoms with van der Waals surface area (Å²) in [7, 11) is 1.66. The molecule has 0 unspecified atom stereocenters. The summed E-state index contributed by atoms with van der Waals surface area (Å²) in [6.45, 7) is 2.12. The Labute approximate surface area is 117 Å². The van der Waals surface area contributed by atoms with Gasteiger partial charge in [0.1, 0.15) is 0 Å². The molecule has 19 heavy (non-hydrogen) atoms. The summed E-state index contributed by atoms with van der Waals surface area (Å²) < 4.78 is 0. The quantitative estimate of drug-likeness (QED) is 0.921. The number of anilines is 1. The Bertz CT molecular complexity index is 487. The maximum atomic E-state index is 11.9. The summed E-state index contributed by atoms with van der Waals surface area (Å²) in [6.07, 6.45) is 0.933. The van der Waals surface area contributed by atoms with Gasteiger partial charge >= 0.3 is 0 Å². The fraction of sp³-hybridized carbons (Fsp3) is 0.429. The molecule has 5 heteroatoms. The number of carbonyl (C=O) groups excluding carboxylic acids is 2. The van der Waals surface area contributed by atoms with Crippen LogP contribution in [0.3, 0.4) is 0 Å². The van der Waals surface area contributed by atoms with Gasteiger partial charge in [-0.05, 0) is 36.6 Å². The zero-order valence-electron chi connectivity index (χ0n) is 11.0. The van der Waals surface area contributed by atoms with E-state index in [-0.39, 0.29) is 24.3 Å². The van der Waals surface area contributed by atoms with Crippen LogP contribution in [0.25, 0.3) is 0 Å². The Balaban J connectivity index is 1.83. The van der Waals surface area contributed by atoms with Gasteiger partial charge in [0, 0.05) is 23.7 Å². The molecular weight excluding hydrogens is 264 g/mol. The van der Waals surface area contributed by atoms with E-state index in [9.17, 15) is 9.59 Å². The number of rotatable bonds is 4. The number of likely N-dealkylation sites (N-methyl/N-ethyl adjacent to an activating group) is 1. The molecule has 0 aliphatic heterocycles. The molecule has 1 saturated carbocycles. The molecule has 0 saturated heterocycles. The van der Waals surface area contributed by atoms with E-state index >= 15 is 0 Å². The van der Waals surface area contributed by atoms with Gasteiger partial charge in [0.2, 0.25) is 11.8 Å². The fourth-order valence-corrected chi connectivity index (χ4v) is 2.10. The van der Waals surface area contributed by atoms with Gasteiger partial charge in [-0.3, -0.25) is 9.59 Å². The molecule has 4 nitrogen and oxygen atoms in total. The van der Waals surface area contributed by atoms with Gasteiger partial charge in [-0.2, -0.15) is 0 Å². The van der Waals surface area contributed by atoms with Gasteiger partial charge in [-0.25, -0.2) is 0 Å². The van der Waals surface area contributed by atoms with Crippen molar-refractivity contribution in [3.8, 4) is 0 Å². The predicted molar refractivity (Wildman–Crippen MR) is 75.0 cm³/mol. The molecule has 0 aromatic heterocycles. The monoisotopic (exact) mass is 280 g/mol. The average Bonchev–Trinajstić information content (AvgIpc) is 3.08. The number of hydrogen-bond donors (Lipinski definition) is 1. The second kappa shape index (κ2) is 5.61. The third kappa shape index (κ3) is 3.70. The number of hydrogen-bond acceptors (Lipinski definition) is 2. The van der Waals surface area contributed by atoms with Crippen LogP contribution >= 0.6 is 11.6 Å². The topological polar surface area (TPSA) is 49.4 Å². The highest BCUT2D eigenvalue weighted by Crippen LogP contribution is 2.38. The highest BCUT2D eigenvalue weighted by atomic mass is 35.5. The van der Waals surface area contributed by atoms with Gasteiger partial charge in [0.25, 0.3) is 0 Å². The van der Waals surface area contributed by atoms with Crippen LogP contribution in [0.4, 0.5) is 5.69 Å². The van der Waals surface area contributed by atoms with E-state index in [1.807, 2.05) is 6.92 Å². The van der Waals surface area contributed by atoms with E-state index in [2.05, 4.69) is 5.32 Å². The zero-order valence-corrected chi connectivity index (χ0v) is 11.8. The van der Waals surface area contributed by atoms with E-state index < -0.39 is 0 Å². The van der Waals surface area contributed by atoms with Crippen molar-refractivity contribution in [1.82, 2.24) is 4.90 Å². The minimum Gasteiger partial charge on any atom is -0.336 e. The highest BCUT2D eigenvalue weighted by Gasteiger charge is 2.40. The maximum Gasteiger partial charge on any atom is 0.243 e. The van der Waals surface area contributed by atoms with Gasteiger partial charge < -0.3 is 10.2 Å². The number of benzene rings is 1. The first-order valence-electron chi connectivity index (χ1n) is 6.28. The lowest BCUT2D eigenvalue weighted by Crippen LogP contribution is -2.36. The molecule has 1 N–H and O–H groups in total. The minimum absolute atomic E-state index is 0.0544. The molecule has 0 radical (unpaired) electrons. The number of halogens is 1. The molecule has 1 aromatic rings. The predicted octanol–water partition coefficient (Wildman–Crippen LogP) is 2.39. The van der Waals surface area contributed by atoms with Crippen molar-refractivity contribution in [3.05, 3.63) is 29.3 Å². The minimum atomic E-state index is -0.202. The first kappa shape index (κ1) is 13.9. The third-order valence-electron chi connectivity index (χ3n) is 3.31. The second-order valence-corrected chi connectivity index (χ2v) is 5.51. The number of nitrogens with one attached hydrogen (secondary N) is 1. The van der Waals surface area contributed by atoms with E-state index in [4.69, 9.17) is 11.6 Å². The first-order valence-corrected chi connectivity index (χ1v) is 6.65. The second-order valence-electron chi connectivity index (χ2n) is 5.07. The Morgan fingerprint density at radius 2 is 1.95 bits per heavy atom. The summed E-state index contributed by atoms with van der Waals surface area (Å²) in [4.78, 5) is 25.2. The van der Waals surface area contributed by atoms with Gasteiger partial charge in [0.05, 0.1) is 6.54 Å². The Morgan fingerprint density at radius 3 is 2.47 bits per heavy atom. The zero-order chi connectivity index (χ0) is 14.0. The van der Waals surface area contributed by atoms with Crippen molar-refractivity contribution in [3.63, 3.8) is 0 Å². The van der Waals surface area contributed by atoms with Crippen molar-refractivity contribution in [2.24, 2.45) is 11.8 Å². The van der Waals surface area contributed by atoms with Crippen LogP contribution < -0.4 is 5.32 Å². The normalized spacial score (nSPS) is 20.8. The fourth-order valence-electron chi connectivity index (χ4n) is 1.98. The summed E-state index contributed by atoms with van der Waals surface area (Å²) in [6, 6.07) is 6.87. The highest BCUT2D eigenvalue weighted by molar-refractivity contribution is 6.30. The first-order chi connectivity index (χ1) is 8.97. The van der Waals surface area contributed by atoms with Crippen molar-refractivity contribution < 1.29 is 9.59 Å². The summed E-state index contributed by atoms with van der Waals surface area (Å²) in [5.74, 6) is 0.410. The van der Waals surface area contributed by atoms with Crippen molar-refractivity contribution >= 4 is 29.1 Å². The lowest BCUT2D eigenvalue weighted by Gasteiger charge is -2.16. The molecule has 2 atom stereocenters. The summed E-state index contributed by atoms with van der Waals surface area (Å²) in [5, 5.41) is 3.35. The molecule has 2 rings (SSSR count). The molecule has 1 aliphatic carbocycles. The van der Waals surface area contributed by atoms with Crippen LogP contribution in [0, 0.1) is 11.8 Å². The largest absolute Gasteiger partial charge is 0.336 e. The molecule has 102 valence electrons. The summed E-state index contributed by atoms with van der Waals surface area (Å²) >= 11 is 5.76. The maximum absolute atomic E-state index is 11.9. The number of nitrogens with zero attached hydrogens (tertiary/aromatic N) is 1. The summed E-state index contributed by atoms with van der Waals surface area (Å²) in [5.41, 5.74) is 0.676. The van der Waals surface area contributed by atoms with Gasteiger partial charge in [0.15, 0.2) is 0 Å². The van der Waals surface area contributed by atoms with Crippen molar-refractivity contribution in [2.45, 2.75) is 13.3 Å². The van der Waals surface area contributed by atoms with Gasteiger partial charge in [-0.15, -0.1) is 0 Å². The molecule has 0 spiro atoms. The Morgan fingerprint density at radius 1 is 1.37 bits per heavy atom. The molecule has 0 heterocycles. The van der Waals surface area contributed by atoms with Crippen LogP contribution in [-0.4, -0.2) is 30.3 Å². The molecule has 1 aliphatic rings. The third-order valence-corrected chi connectivity index (χ3v) is 3.56. The molecule has 1 aromatic carbocycles. The van der Waals surface area contributed by atoms with Crippen LogP contribution in [0.15, 0.2) is 24.3 Å². The lowest BCUT2D eigenvalue weighted by atomic mass is 10.3. The molecule has 2 amide bonds. The smallest absolute Gasteiger partial charge is 0.243 e. The van der Waals surface area contributed by atoms with Gasteiger partial charge in [-0.1, -0.05) is 18.5 Å². The van der Waals surface area contributed by atoms with Crippen LogP contribution in [0.2, 0.25) is 5.02 Å². The van der Waals surface area contributed by atoms with Crippen molar-refractivity contribution in [2.75, 3.05) is 18.9 Å². The van der Waals surface area contributed by atoms with Crippen LogP contribution in [-0.2, 0) is 9.59 Å². The van der Waals surface area contributed by atoms with Crippen LogP contribution in [0.1, 0.15) is 13.3 Å². The standard InChI is InChI=1S/C14H17ClN2O2/c1-9-7-12(9)14(19)17(2)8-13(18)16-11-5-3-10(15)4-6-11/h3-6,9,12H,7-8H2,1-2H3,(H,16,18)/t9-,12-/m0/s1. The number of carbonyl (C=O) groups is 2. The number of amides is 2. The van der Waals surface area contributed by atoms with E-state index in [1.54, 1.807) is 31.3 Å². The lowest BCUT2D eigenvalue weighted by molar-refractivity contribution is -0.134. The average molecular weight is 281 g/mol.